The normalized spacial score (nSPS) is 18.2. The molecule has 158 valence electrons. The summed E-state index contributed by atoms with van der Waals surface area (Å²) >= 11 is 0. The molecule has 0 radical (unpaired) electrons. The minimum absolute atomic E-state index is 0.00793. The first-order chi connectivity index (χ1) is 14.3. The minimum Gasteiger partial charge on any atom is -0.379 e. The van der Waals surface area contributed by atoms with Gasteiger partial charge in [-0.25, -0.2) is 17.5 Å². The van der Waals surface area contributed by atoms with E-state index in [2.05, 4.69) is 10.0 Å². The lowest BCUT2D eigenvalue weighted by Crippen LogP contribution is -2.43. The van der Waals surface area contributed by atoms with Crippen molar-refractivity contribution < 1.29 is 27.1 Å². The molecule has 0 bridgehead atoms. The van der Waals surface area contributed by atoms with Crippen LogP contribution in [0.25, 0.3) is 0 Å². The number of nitrogens with zero attached hydrogens (tertiary/aromatic N) is 1. The highest BCUT2D eigenvalue weighted by atomic mass is 32.2. The number of ether oxygens (including phenoxy) is 1. The lowest BCUT2D eigenvalue weighted by atomic mass is 10.0. The molecule has 10 heteroatoms. The standard InChI is InChI=1S/C20H20FN3O5S/c21-14-3-1-2-13(10-14)18(24-6-8-29-9-7-24)12-22-30(27,28)15-4-5-16-17(11-15)20(26)23-19(16)25/h1-5,10-11,18,22H,6-9,12H2,(H,23,25,26). The molecular formula is C20H20FN3O5S. The second-order valence-corrected chi connectivity index (χ2v) is 8.83. The van der Waals surface area contributed by atoms with Crippen LogP contribution in [0.3, 0.4) is 0 Å². The number of benzene rings is 2. The van der Waals surface area contributed by atoms with E-state index in [1.165, 1.54) is 30.3 Å². The molecule has 1 fully saturated rings. The van der Waals surface area contributed by atoms with Crippen molar-refractivity contribution in [2.75, 3.05) is 32.8 Å². The number of sulfonamides is 1. The highest BCUT2D eigenvalue weighted by Crippen LogP contribution is 2.24. The van der Waals surface area contributed by atoms with E-state index >= 15 is 0 Å². The number of nitrogens with one attached hydrogen (secondary N) is 2. The zero-order chi connectivity index (χ0) is 21.3. The fraction of sp³-hybridized carbons (Fsp3) is 0.300. The smallest absolute Gasteiger partial charge is 0.258 e. The third kappa shape index (κ3) is 4.12. The molecule has 0 aromatic heterocycles. The van der Waals surface area contributed by atoms with E-state index < -0.39 is 33.7 Å². The van der Waals surface area contributed by atoms with Crippen LogP contribution >= 0.6 is 0 Å². The SMILES string of the molecule is O=C1NC(=O)c2cc(S(=O)(=O)NCC(c3cccc(F)c3)N3CCOCC3)ccc21. The van der Waals surface area contributed by atoms with Crippen molar-refractivity contribution in [3.05, 3.63) is 65.0 Å². The molecule has 2 heterocycles. The third-order valence-electron chi connectivity index (χ3n) is 5.20. The van der Waals surface area contributed by atoms with E-state index in [1.807, 2.05) is 4.90 Å². The first kappa shape index (κ1) is 20.6. The molecule has 0 spiro atoms. The van der Waals surface area contributed by atoms with Gasteiger partial charge in [-0.1, -0.05) is 12.1 Å². The molecule has 2 N–H and O–H groups in total. The molecule has 0 aliphatic carbocycles. The number of hydrogen-bond acceptors (Lipinski definition) is 6. The van der Waals surface area contributed by atoms with Crippen molar-refractivity contribution in [3.8, 4) is 0 Å². The van der Waals surface area contributed by atoms with Gasteiger partial charge >= 0.3 is 0 Å². The third-order valence-corrected chi connectivity index (χ3v) is 6.63. The zero-order valence-electron chi connectivity index (χ0n) is 15.9. The highest BCUT2D eigenvalue weighted by Gasteiger charge is 2.30. The molecule has 2 aliphatic heterocycles. The molecule has 2 aromatic rings. The largest absolute Gasteiger partial charge is 0.379 e. The van der Waals surface area contributed by atoms with Crippen LogP contribution in [0.15, 0.2) is 47.4 Å². The predicted octanol–water partition coefficient (Wildman–Crippen LogP) is 1.06. The van der Waals surface area contributed by atoms with Gasteiger partial charge in [0.05, 0.1) is 29.2 Å². The number of imide groups is 1. The van der Waals surface area contributed by atoms with E-state index in [4.69, 9.17) is 4.74 Å². The number of halogens is 1. The van der Waals surface area contributed by atoms with Gasteiger partial charge in [0.1, 0.15) is 5.82 Å². The summed E-state index contributed by atoms with van der Waals surface area (Å²) < 4.78 is 47.4. The lowest BCUT2D eigenvalue weighted by Gasteiger charge is -2.34. The van der Waals surface area contributed by atoms with Crippen molar-refractivity contribution in [2.45, 2.75) is 10.9 Å². The van der Waals surface area contributed by atoms with E-state index in [-0.39, 0.29) is 22.6 Å². The van der Waals surface area contributed by atoms with Crippen molar-refractivity contribution in [2.24, 2.45) is 0 Å². The number of rotatable bonds is 6. The Labute approximate surface area is 173 Å². The van der Waals surface area contributed by atoms with Crippen LogP contribution in [-0.4, -0.2) is 58.0 Å². The first-order valence-electron chi connectivity index (χ1n) is 9.42. The number of amides is 2. The van der Waals surface area contributed by atoms with E-state index in [0.29, 0.717) is 31.9 Å². The molecule has 2 amide bonds. The van der Waals surface area contributed by atoms with E-state index in [1.54, 1.807) is 12.1 Å². The number of carbonyl (C=O) groups is 2. The summed E-state index contributed by atoms with van der Waals surface area (Å²) in [5, 5.41) is 2.13. The lowest BCUT2D eigenvalue weighted by molar-refractivity contribution is 0.0171. The minimum atomic E-state index is -3.97. The van der Waals surface area contributed by atoms with Crippen molar-refractivity contribution in [1.29, 1.82) is 0 Å². The van der Waals surface area contributed by atoms with Crippen LogP contribution in [0.5, 0.6) is 0 Å². The maximum atomic E-state index is 13.8. The van der Waals surface area contributed by atoms with E-state index in [0.717, 1.165) is 0 Å². The quantitative estimate of drug-likeness (QED) is 0.661. The fourth-order valence-electron chi connectivity index (χ4n) is 3.65. The molecule has 2 aliphatic rings. The topological polar surface area (TPSA) is 105 Å². The van der Waals surface area contributed by atoms with Gasteiger partial charge in [0, 0.05) is 25.7 Å². The summed E-state index contributed by atoms with van der Waals surface area (Å²) in [5.74, 6) is -1.58. The van der Waals surface area contributed by atoms with E-state index in [9.17, 15) is 22.4 Å². The second kappa shape index (κ2) is 8.23. The Balaban J connectivity index is 1.57. The van der Waals surface area contributed by atoms with Crippen LogP contribution in [0, 0.1) is 5.82 Å². The average Bonchev–Trinajstić information content (AvgIpc) is 3.02. The van der Waals surface area contributed by atoms with Gasteiger partial charge in [-0.15, -0.1) is 0 Å². The summed E-state index contributed by atoms with van der Waals surface area (Å²) in [6.07, 6.45) is 0. The predicted molar refractivity (Wildman–Crippen MR) is 105 cm³/mol. The van der Waals surface area contributed by atoms with Crippen molar-refractivity contribution in [1.82, 2.24) is 14.9 Å². The molecular weight excluding hydrogens is 413 g/mol. The number of carbonyl (C=O) groups excluding carboxylic acids is 2. The molecule has 0 saturated carbocycles. The number of morpholine rings is 1. The Morgan fingerprint density at radius 2 is 1.80 bits per heavy atom. The summed E-state index contributed by atoms with van der Waals surface area (Å²) in [4.78, 5) is 25.4. The van der Waals surface area contributed by atoms with Gasteiger partial charge in [-0.05, 0) is 35.9 Å². The molecule has 1 unspecified atom stereocenters. The van der Waals surface area contributed by atoms with Crippen LogP contribution in [-0.2, 0) is 14.8 Å². The maximum absolute atomic E-state index is 13.8. The monoisotopic (exact) mass is 433 g/mol. The maximum Gasteiger partial charge on any atom is 0.258 e. The highest BCUT2D eigenvalue weighted by molar-refractivity contribution is 7.89. The first-order valence-corrected chi connectivity index (χ1v) is 10.9. The van der Waals surface area contributed by atoms with Gasteiger partial charge in [-0.3, -0.25) is 19.8 Å². The van der Waals surface area contributed by atoms with Gasteiger partial charge < -0.3 is 4.74 Å². The Hall–Kier alpha value is -2.66. The summed E-state index contributed by atoms with van der Waals surface area (Å²) in [7, 11) is -3.97. The molecule has 1 atom stereocenters. The Morgan fingerprint density at radius 3 is 2.53 bits per heavy atom. The summed E-state index contributed by atoms with van der Waals surface area (Å²) in [6.45, 7) is 2.20. The second-order valence-electron chi connectivity index (χ2n) is 7.06. The molecule has 30 heavy (non-hydrogen) atoms. The Bertz CT molecular complexity index is 1100. The average molecular weight is 433 g/mol. The Kier molecular flexibility index (Phi) is 5.65. The molecule has 8 nitrogen and oxygen atoms in total. The number of fused-ring (bicyclic) bond motifs is 1. The molecule has 2 aromatic carbocycles. The molecule has 4 rings (SSSR count). The van der Waals surface area contributed by atoms with Crippen molar-refractivity contribution in [3.63, 3.8) is 0 Å². The van der Waals surface area contributed by atoms with Gasteiger partial charge in [0.15, 0.2) is 0 Å². The van der Waals surface area contributed by atoms with Crippen molar-refractivity contribution >= 4 is 21.8 Å². The summed E-state index contributed by atoms with van der Waals surface area (Å²) in [6, 6.07) is 9.45. The fourth-order valence-corrected chi connectivity index (χ4v) is 4.71. The van der Waals surface area contributed by atoms with Crippen LogP contribution < -0.4 is 10.0 Å². The van der Waals surface area contributed by atoms with Gasteiger partial charge in [0.2, 0.25) is 10.0 Å². The van der Waals surface area contributed by atoms with Crippen LogP contribution in [0.4, 0.5) is 4.39 Å². The summed E-state index contributed by atoms with van der Waals surface area (Å²) in [5.41, 5.74) is 0.821. The Morgan fingerprint density at radius 1 is 1.07 bits per heavy atom. The molecule has 1 saturated heterocycles. The zero-order valence-corrected chi connectivity index (χ0v) is 16.7. The van der Waals surface area contributed by atoms with Crippen LogP contribution in [0.2, 0.25) is 0 Å². The van der Waals surface area contributed by atoms with Gasteiger partial charge in [0.25, 0.3) is 11.8 Å². The number of hydrogen-bond donors (Lipinski definition) is 2. The van der Waals surface area contributed by atoms with Gasteiger partial charge in [-0.2, -0.15) is 0 Å². The van der Waals surface area contributed by atoms with Crippen LogP contribution in [0.1, 0.15) is 32.3 Å².